The second kappa shape index (κ2) is 11.1. The second-order valence-corrected chi connectivity index (χ2v) is 8.33. The van der Waals surface area contributed by atoms with E-state index in [2.05, 4.69) is 28.7 Å². The maximum atomic E-state index is 13.5. The van der Waals surface area contributed by atoms with E-state index < -0.39 is 5.92 Å². The smallest absolute Gasteiger partial charge is 0.270 e. The van der Waals surface area contributed by atoms with Gasteiger partial charge in [0, 0.05) is 44.4 Å². The number of amidine groups is 1. The van der Waals surface area contributed by atoms with E-state index in [9.17, 15) is 8.78 Å². The average Bonchev–Trinajstić information content (AvgIpc) is 2.79. The number of allylic oxidation sites excluding steroid dienone is 1. The van der Waals surface area contributed by atoms with Crippen LogP contribution >= 0.6 is 0 Å². The van der Waals surface area contributed by atoms with Gasteiger partial charge in [-0.05, 0) is 31.7 Å². The third-order valence-electron chi connectivity index (χ3n) is 5.44. The van der Waals surface area contributed by atoms with E-state index in [1.807, 2.05) is 37.3 Å². The summed E-state index contributed by atoms with van der Waals surface area (Å²) in [5.41, 5.74) is 2.33. The van der Waals surface area contributed by atoms with Crippen molar-refractivity contribution in [1.29, 1.82) is 0 Å². The Balaban J connectivity index is 1.73. The lowest BCUT2D eigenvalue weighted by atomic mass is 10.1. The Bertz CT molecular complexity index is 974. The highest BCUT2D eigenvalue weighted by Crippen LogP contribution is 2.28. The molecule has 3 rings (SSSR count). The summed E-state index contributed by atoms with van der Waals surface area (Å²) >= 11 is 0. The molecule has 1 aliphatic rings. The molecule has 33 heavy (non-hydrogen) atoms. The number of benzene rings is 2. The van der Waals surface area contributed by atoms with Crippen LogP contribution in [0.5, 0.6) is 0 Å². The summed E-state index contributed by atoms with van der Waals surface area (Å²) in [7, 11) is 2.09. The van der Waals surface area contributed by atoms with Crippen LogP contribution in [0.3, 0.4) is 0 Å². The number of hydrogen-bond acceptors (Lipinski definition) is 4. The van der Waals surface area contributed by atoms with Crippen LogP contribution in [0.15, 0.2) is 83.8 Å². The number of nitrogens with one attached hydrogen (secondary N) is 1. The maximum Gasteiger partial charge on any atom is 0.270 e. The van der Waals surface area contributed by atoms with E-state index in [0.29, 0.717) is 29.6 Å². The third kappa shape index (κ3) is 7.43. The maximum absolute atomic E-state index is 13.5. The van der Waals surface area contributed by atoms with Gasteiger partial charge < -0.3 is 19.9 Å². The fourth-order valence-electron chi connectivity index (χ4n) is 3.41. The van der Waals surface area contributed by atoms with Crippen molar-refractivity contribution in [3.05, 3.63) is 90.0 Å². The van der Waals surface area contributed by atoms with Gasteiger partial charge in [0.05, 0.1) is 11.9 Å². The van der Waals surface area contributed by atoms with E-state index in [4.69, 9.17) is 9.73 Å². The first-order valence-corrected chi connectivity index (χ1v) is 11.0. The highest BCUT2D eigenvalue weighted by Gasteiger charge is 2.24. The highest BCUT2D eigenvalue weighted by molar-refractivity contribution is 6.00. The molecular weight excluding hydrogens is 422 g/mol. The monoisotopic (exact) mass is 454 g/mol. The first-order chi connectivity index (χ1) is 15.7. The molecule has 5 nitrogen and oxygen atoms in total. The Hall–Kier alpha value is -3.19. The molecule has 2 aromatic carbocycles. The van der Waals surface area contributed by atoms with Crippen molar-refractivity contribution >= 4 is 11.5 Å². The van der Waals surface area contributed by atoms with Gasteiger partial charge in [0.25, 0.3) is 5.92 Å². The summed E-state index contributed by atoms with van der Waals surface area (Å²) in [4.78, 5) is 9.13. The molecular formula is C26H32F2N4O. The number of rotatable bonds is 8. The fraction of sp³-hybridized carbons (Fsp3) is 0.346. The summed E-state index contributed by atoms with van der Waals surface area (Å²) in [5.74, 6) is -1.48. The van der Waals surface area contributed by atoms with Gasteiger partial charge in [-0.25, -0.2) is 13.8 Å². The molecule has 176 valence electrons. The Morgan fingerprint density at radius 3 is 2.33 bits per heavy atom. The zero-order valence-electron chi connectivity index (χ0n) is 19.5. The normalized spacial score (nSPS) is 16.0. The van der Waals surface area contributed by atoms with Crippen LogP contribution in [0.1, 0.15) is 25.0 Å². The molecule has 0 unspecified atom stereocenters. The molecule has 1 N–H and O–H groups in total. The summed E-state index contributed by atoms with van der Waals surface area (Å²) < 4.78 is 32.9. The molecule has 0 amide bonds. The molecule has 1 aliphatic heterocycles. The molecule has 0 aromatic heterocycles. The number of alkyl halides is 2. The third-order valence-corrected chi connectivity index (χ3v) is 5.44. The number of aliphatic imine (C=N–C) groups is 1. The fourth-order valence-corrected chi connectivity index (χ4v) is 3.41. The minimum atomic E-state index is -2.87. The topological polar surface area (TPSA) is 40.1 Å². The minimum Gasteiger partial charge on any atom is -0.492 e. The molecule has 2 aromatic rings. The van der Waals surface area contributed by atoms with Gasteiger partial charge in [-0.1, -0.05) is 49.0 Å². The molecule has 0 spiro atoms. The molecule has 1 heterocycles. The van der Waals surface area contributed by atoms with Crippen molar-refractivity contribution in [1.82, 2.24) is 9.80 Å². The van der Waals surface area contributed by atoms with Crippen LogP contribution < -0.4 is 5.32 Å². The SMILES string of the molecule is C=C(Nc1ccc(C(C)(F)F)cc1)C(=N/C=C(\C)OCc1ccccc1)N1CCN(C)CC1. The Kier molecular flexibility index (Phi) is 8.22. The molecule has 0 aliphatic carbocycles. The van der Waals surface area contributed by atoms with Crippen molar-refractivity contribution in [2.75, 3.05) is 38.5 Å². The van der Waals surface area contributed by atoms with Crippen LogP contribution in [-0.4, -0.2) is 48.9 Å². The van der Waals surface area contributed by atoms with Crippen LogP contribution in [0, 0.1) is 0 Å². The summed E-state index contributed by atoms with van der Waals surface area (Å²) in [6, 6.07) is 16.0. The quantitative estimate of drug-likeness (QED) is 0.327. The van der Waals surface area contributed by atoms with Gasteiger partial charge in [-0.15, -0.1) is 0 Å². The Labute approximate surface area is 195 Å². The van der Waals surface area contributed by atoms with Crippen molar-refractivity contribution in [3.63, 3.8) is 0 Å². The average molecular weight is 455 g/mol. The van der Waals surface area contributed by atoms with Crippen molar-refractivity contribution in [2.45, 2.75) is 26.4 Å². The Morgan fingerprint density at radius 1 is 1.09 bits per heavy atom. The molecule has 0 radical (unpaired) electrons. The number of anilines is 1. The number of ether oxygens (including phenoxy) is 1. The molecule has 0 bridgehead atoms. The standard InChI is InChI=1S/C26H32F2N4O/c1-20(33-19-22-8-6-5-7-9-22)18-29-25(32-16-14-31(4)15-17-32)21(2)30-24-12-10-23(11-13-24)26(3,27)28/h5-13,18,30H,2,14-17,19H2,1,3-4H3/b20-18+,29-25?. The number of likely N-dealkylation sites (N-methyl/N-ethyl adjacent to an activating group) is 1. The predicted octanol–water partition coefficient (Wildman–Crippen LogP) is 5.45. The lowest BCUT2D eigenvalue weighted by molar-refractivity contribution is 0.0175. The van der Waals surface area contributed by atoms with Crippen molar-refractivity contribution in [2.24, 2.45) is 4.99 Å². The van der Waals surface area contributed by atoms with Crippen molar-refractivity contribution in [3.8, 4) is 0 Å². The summed E-state index contributed by atoms with van der Waals surface area (Å²) in [6.07, 6.45) is 1.70. The van der Waals surface area contributed by atoms with E-state index in [-0.39, 0.29) is 5.56 Å². The zero-order valence-corrected chi connectivity index (χ0v) is 19.5. The number of hydrogen-bond donors (Lipinski definition) is 1. The molecule has 0 saturated carbocycles. The summed E-state index contributed by atoms with van der Waals surface area (Å²) in [6.45, 7) is 10.9. The molecule has 0 atom stereocenters. The van der Waals surface area contributed by atoms with E-state index in [1.54, 1.807) is 18.3 Å². The molecule has 1 saturated heterocycles. The zero-order chi connectivity index (χ0) is 23.8. The summed E-state index contributed by atoms with van der Waals surface area (Å²) in [5, 5.41) is 3.22. The Morgan fingerprint density at radius 2 is 1.73 bits per heavy atom. The number of nitrogens with zero attached hydrogens (tertiary/aromatic N) is 3. The number of piperazine rings is 1. The van der Waals surface area contributed by atoms with Gasteiger partial charge in [-0.3, -0.25) is 0 Å². The first-order valence-electron chi connectivity index (χ1n) is 11.0. The van der Waals surface area contributed by atoms with Gasteiger partial charge >= 0.3 is 0 Å². The van der Waals surface area contributed by atoms with Crippen molar-refractivity contribution < 1.29 is 13.5 Å². The van der Waals surface area contributed by atoms with E-state index >= 15 is 0 Å². The predicted molar refractivity (Wildman–Crippen MR) is 130 cm³/mol. The van der Waals surface area contributed by atoms with E-state index in [0.717, 1.165) is 38.7 Å². The lowest BCUT2D eigenvalue weighted by Crippen LogP contribution is -2.48. The molecule has 1 fully saturated rings. The van der Waals surface area contributed by atoms with Gasteiger partial charge in [-0.2, -0.15) is 0 Å². The highest BCUT2D eigenvalue weighted by atomic mass is 19.3. The van der Waals surface area contributed by atoms with E-state index in [1.165, 1.54) is 12.1 Å². The second-order valence-electron chi connectivity index (χ2n) is 8.33. The minimum absolute atomic E-state index is 0.0271. The van der Waals surface area contributed by atoms with Gasteiger partial charge in [0.15, 0.2) is 5.84 Å². The number of halogens is 2. The first kappa shape index (κ1) is 24.5. The van der Waals surface area contributed by atoms with Gasteiger partial charge in [0.2, 0.25) is 0 Å². The largest absolute Gasteiger partial charge is 0.492 e. The van der Waals surface area contributed by atoms with Crippen LogP contribution in [0.2, 0.25) is 0 Å². The lowest BCUT2D eigenvalue weighted by Gasteiger charge is -2.35. The van der Waals surface area contributed by atoms with Crippen LogP contribution in [0.4, 0.5) is 14.5 Å². The molecule has 7 heteroatoms. The van der Waals surface area contributed by atoms with Crippen LogP contribution in [0.25, 0.3) is 0 Å². The van der Waals surface area contributed by atoms with Gasteiger partial charge in [0.1, 0.15) is 12.4 Å². The van der Waals surface area contributed by atoms with Crippen LogP contribution in [-0.2, 0) is 17.3 Å².